The van der Waals surface area contributed by atoms with Gasteiger partial charge in [-0.15, -0.1) is 0 Å². The van der Waals surface area contributed by atoms with Crippen LogP contribution in [0.25, 0.3) is 11.0 Å². The van der Waals surface area contributed by atoms with Crippen LogP contribution in [-0.4, -0.2) is 35.8 Å². The molecule has 1 heterocycles. The smallest absolute Gasteiger partial charge is 0.222 e. The van der Waals surface area contributed by atoms with Crippen molar-refractivity contribution in [1.82, 2.24) is 13.3 Å². The van der Waals surface area contributed by atoms with E-state index in [1.807, 2.05) is 0 Å². The molecule has 0 radical (unpaired) electrons. The summed E-state index contributed by atoms with van der Waals surface area (Å²) in [5.41, 5.74) is -2.70. The molecule has 0 fully saturated rings. The van der Waals surface area contributed by atoms with Gasteiger partial charge in [0, 0.05) is 18.6 Å². The van der Waals surface area contributed by atoms with E-state index in [9.17, 15) is 34.8 Å². The quantitative estimate of drug-likeness (QED) is 0.673. The molecule has 0 saturated heterocycles. The molecule has 0 bridgehead atoms. The van der Waals surface area contributed by atoms with Gasteiger partial charge in [0.2, 0.25) is 5.82 Å². The van der Waals surface area contributed by atoms with Crippen molar-refractivity contribution in [2.75, 3.05) is 14.1 Å². The second-order valence-electron chi connectivity index (χ2n) is 4.81. The number of benzene rings is 1. The molecule has 2 aromatic rings. The Kier molecular flexibility index (Phi) is 4.43. The minimum absolute atomic E-state index is 0.248. The third-order valence-electron chi connectivity index (χ3n) is 2.95. The Balaban J connectivity index is 3.03. The van der Waals surface area contributed by atoms with Crippen molar-refractivity contribution in [2.45, 2.75) is 12.4 Å². The van der Waals surface area contributed by atoms with Gasteiger partial charge in [0.15, 0.2) is 0 Å². The van der Waals surface area contributed by atoms with E-state index in [1.165, 1.54) is 0 Å². The Morgan fingerprint density at radius 1 is 1.08 bits per heavy atom. The highest BCUT2D eigenvalue weighted by atomic mass is 79.9. The second kappa shape index (κ2) is 5.59. The summed E-state index contributed by atoms with van der Waals surface area (Å²) in [6.45, 7) is 0. The molecule has 134 valence electrons. The van der Waals surface area contributed by atoms with Crippen molar-refractivity contribution in [3.63, 3.8) is 0 Å². The molecule has 0 amide bonds. The van der Waals surface area contributed by atoms with Crippen molar-refractivity contribution < 1.29 is 34.8 Å². The van der Waals surface area contributed by atoms with Crippen LogP contribution in [0.5, 0.6) is 0 Å². The number of aromatic nitrogens is 2. The fourth-order valence-electron chi connectivity index (χ4n) is 1.85. The van der Waals surface area contributed by atoms with Gasteiger partial charge in [-0.25, -0.2) is 8.96 Å². The molecule has 0 aliphatic carbocycles. The Morgan fingerprint density at radius 3 is 2.04 bits per heavy atom. The van der Waals surface area contributed by atoms with Crippen LogP contribution in [0.3, 0.4) is 0 Å². The van der Waals surface area contributed by atoms with E-state index in [-0.39, 0.29) is 3.97 Å². The van der Waals surface area contributed by atoms with Gasteiger partial charge in [0.05, 0.1) is 11.1 Å². The van der Waals surface area contributed by atoms with Crippen LogP contribution in [0, 0.1) is 0 Å². The van der Waals surface area contributed by atoms with E-state index in [1.54, 1.807) is 0 Å². The summed E-state index contributed by atoms with van der Waals surface area (Å²) < 4.78 is 102. The average Bonchev–Trinajstić information content (AvgIpc) is 2.77. The summed E-state index contributed by atoms with van der Waals surface area (Å²) in [5, 5.41) is 0. The van der Waals surface area contributed by atoms with Gasteiger partial charge in [-0.2, -0.15) is 39.1 Å². The fourth-order valence-corrected chi connectivity index (χ4v) is 3.47. The molecule has 0 aliphatic rings. The van der Waals surface area contributed by atoms with Gasteiger partial charge in [0.1, 0.15) is 5.52 Å². The highest BCUT2D eigenvalue weighted by Crippen LogP contribution is 2.39. The van der Waals surface area contributed by atoms with Crippen molar-refractivity contribution in [3.8, 4) is 0 Å². The first-order valence-corrected chi connectivity index (χ1v) is 8.15. The minimum atomic E-state index is -5.19. The SMILES string of the molecule is CN(C)S(=O)(=O)n1c(C(F)(F)F)nc2c(Br)cc(C(F)(F)F)cc21. The van der Waals surface area contributed by atoms with Crippen LogP contribution < -0.4 is 0 Å². The van der Waals surface area contributed by atoms with Gasteiger partial charge in [-0.3, -0.25) is 0 Å². The Labute approximate surface area is 140 Å². The molecule has 1 aromatic heterocycles. The number of rotatable bonds is 2. The highest BCUT2D eigenvalue weighted by Gasteiger charge is 2.43. The summed E-state index contributed by atoms with van der Waals surface area (Å²) in [4.78, 5) is 3.17. The molecule has 0 unspecified atom stereocenters. The fraction of sp³-hybridized carbons (Fsp3) is 0.364. The maximum absolute atomic E-state index is 13.1. The molecule has 2 rings (SSSR count). The first-order chi connectivity index (χ1) is 10.7. The predicted octanol–water partition coefficient (Wildman–Crippen LogP) is 3.49. The summed E-state index contributed by atoms with van der Waals surface area (Å²) in [5.74, 6) is -1.84. The lowest BCUT2D eigenvalue weighted by Crippen LogP contribution is -2.32. The molecule has 0 N–H and O–H groups in total. The lowest BCUT2D eigenvalue weighted by molar-refractivity contribution is -0.145. The molecule has 0 atom stereocenters. The van der Waals surface area contributed by atoms with E-state index < -0.39 is 49.5 Å². The molecule has 0 aliphatic heterocycles. The zero-order valence-corrected chi connectivity index (χ0v) is 14.3. The van der Waals surface area contributed by atoms with Crippen LogP contribution in [-0.2, 0) is 22.6 Å². The maximum atomic E-state index is 13.1. The molecule has 24 heavy (non-hydrogen) atoms. The normalized spacial score (nSPS) is 13.9. The van der Waals surface area contributed by atoms with Crippen LogP contribution in [0.15, 0.2) is 16.6 Å². The van der Waals surface area contributed by atoms with E-state index in [2.05, 4.69) is 20.9 Å². The first-order valence-electron chi connectivity index (χ1n) is 5.96. The number of fused-ring (bicyclic) bond motifs is 1. The van der Waals surface area contributed by atoms with Gasteiger partial charge in [-0.1, -0.05) is 0 Å². The largest absolute Gasteiger partial charge is 0.450 e. The number of halogens is 7. The van der Waals surface area contributed by atoms with Crippen molar-refractivity contribution in [2.24, 2.45) is 0 Å². The summed E-state index contributed by atoms with van der Waals surface area (Å²) in [6, 6.07) is 0.839. The van der Waals surface area contributed by atoms with Gasteiger partial charge < -0.3 is 0 Å². The third-order valence-corrected chi connectivity index (χ3v) is 5.30. The highest BCUT2D eigenvalue weighted by molar-refractivity contribution is 9.10. The Morgan fingerprint density at radius 2 is 1.62 bits per heavy atom. The predicted molar refractivity (Wildman–Crippen MR) is 75.4 cm³/mol. The summed E-state index contributed by atoms with van der Waals surface area (Å²) in [7, 11) is -2.88. The molecule has 1 aromatic carbocycles. The minimum Gasteiger partial charge on any atom is -0.222 e. The monoisotopic (exact) mass is 439 g/mol. The number of nitrogens with zero attached hydrogens (tertiary/aromatic N) is 3. The number of hydrogen-bond donors (Lipinski definition) is 0. The molecule has 0 saturated carbocycles. The van der Waals surface area contributed by atoms with E-state index in [0.29, 0.717) is 16.4 Å². The van der Waals surface area contributed by atoms with Crippen LogP contribution in [0.1, 0.15) is 11.4 Å². The molecular weight excluding hydrogens is 432 g/mol. The van der Waals surface area contributed by atoms with E-state index in [0.717, 1.165) is 14.1 Å². The van der Waals surface area contributed by atoms with Crippen molar-refractivity contribution in [1.29, 1.82) is 0 Å². The Hall–Kier alpha value is -1.34. The van der Waals surface area contributed by atoms with Crippen LogP contribution >= 0.6 is 15.9 Å². The molecule has 13 heteroatoms. The van der Waals surface area contributed by atoms with Gasteiger partial charge in [0.25, 0.3) is 0 Å². The molecule has 0 spiro atoms. The van der Waals surface area contributed by atoms with E-state index >= 15 is 0 Å². The number of imidazole rings is 1. The zero-order valence-electron chi connectivity index (χ0n) is 11.9. The third kappa shape index (κ3) is 3.11. The topological polar surface area (TPSA) is 55.2 Å². The van der Waals surface area contributed by atoms with Crippen molar-refractivity contribution >= 4 is 37.2 Å². The lowest BCUT2D eigenvalue weighted by atomic mass is 10.2. The molecular formula is C11H8BrF6N3O2S. The maximum Gasteiger partial charge on any atom is 0.450 e. The van der Waals surface area contributed by atoms with Crippen molar-refractivity contribution in [3.05, 3.63) is 28.0 Å². The van der Waals surface area contributed by atoms with Crippen LogP contribution in [0.2, 0.25) is 0 Å². The van der Waals surface area contributed by atoms with Gasteiger partial charge in [-0.05, 0) is 28.1 Å². The Bertz CT molecular complexity index is 901. The first kappa shape index (κ1) is 19.0. The summed E-state index contributed by atoms with van der Waals surface area (Å²) in [6.07, 6.45) is -10.1. The number of alkyl halides is 6. The number of hydrogen-bond acceptors (Lipinski definition) is 3. The van der Waals surface area contributed by atoms with Crippen LogP contribution in [0.4, 0.5) is 26.3 Å². The van der Waals surface area contributed by atoms with E-state index in [4.69, 9.17) is 0 Å². The average molecular weight is 440 g/mol. The standard InChI is InChI=1S/C11H8BrF6N3O2S/c1-20(2)24(22,23)21-7-4-5(10(13,14)15)3-6(12)8(7)19-9(21)11(16,17)18/h3-4H,1-2H3. The molecule has 5 nitrogen and oxygen atoms in total. The lowest BCUT2D eigenvalue weighted by Gasteiger charge is -2.16. The van der Waals surface area contributed by atoms with Gasteiger partial charge >= 0.3 is 22.6 Å². The second-order valence-corrected chi connectivity index (χ2v) is 7.66. The summed E-state index contributed by atoms with van der Waals surface area (Å²) >= 11 is 2.71. The zero-order chi connectivity index (χ0) is 18.7.